The highest BCUT2D eigenvalue weighted by molar-refractivity contribution is 7.89. The summed E-state index contributed by atoms with van der Waals surface area (Å²) in [5.74, 6) is 0.276. The van der Waals surface area contributed by atoms with Gasteiger partial charge < -0.3 is 9.64 Å². The van der Waals surface area contributed by atoms with E-state index >= 15 is 0 Å². The molecule has 2 aromatic rings. The molecule has 0 radical (unpaired) electrons. The Balaban J connectivity index is 1.55. The van der Waals surface area contributed by atoms with Crippen molar-refractivity contribution in [3.05, 3.63) is 52.2 Å². The van der Waals surface area contributed by atoms with Crippen LogP contribution in [-0.4, -0.2) is 50.3 Å². The third kappa shape index (κ3) is 4.71. The Morgan fingerprint density at radius 1 is 1.13 bits per heavy atom. The van der Waals surface area contributed by atoms with Gasteiger partial charge in [0.25, 0.3) is 0 Å². The number of likely N-dealkylation sites (tertiary alicyclic amines) is 1. The fraction of sp³-hybridized carbons (Fsp3) is 0.435. The van der Waals surface area contributed by atoms with Crippen molar-refractivity contribution in [2.75, 3.05) is 26.7 Å². The molecule has 4 rings (SSSR count). The molecule has 0 N–H and O–H groups in total. The van der Waals surface area contributed by atoms with Crippen molar-refractivity contribution < 1.29 is 17.9 Å². The zero-order valence-electron chi connectivity index (χ0n) is 17.7. The number of rotatable bonds is 6. The summed E-state index contributed by atoms with van der Waals surface area (Å²) >= 11 is 1.67. The van der Waals surface area contributed by atoms with Crippen LogP contribution in [0.2, 0.25) is 0 Å². The van der Waals surface area contributed by atoms with E-state index in [0.29, 0.717) is 24.4 Å². The van der Waals surface area contributed by atoms with Crippen LogP contribution in [0.4, 0.5) is 0 Å². The Morgan fingerprint density at radius 2 is 1.94 bits per heavy atom. The van der Waals surface area contributed by atoms with E-state index in [2.05, 4.69) is 6.07 Å². The monoisotopic (exact) mass is 460 g/mol. The molecule has 2 aliphatic rings. The van der Waals surface area contributed by atoms with E-state index in [1.54, 1.807) is 41.7 Å². The first-order valence-corrected chi connectivity index (χ1v) is 13.0. The van der Waals surface area contributed by atoms with Crippen LogP contribution in [0.25, 0.3) is 6.08 Å². The molecule has 1 unspecified atom stereocenters. The molecular weight excluding hydrogens is 432 g/mol. The molecule has 0 spiro atoms. The zero-order chi connectivity index (χ0) is 21.8. The second-order valence-electron chi connectivity index (χ2n) is 7.91. The Hall–Kier alpha value is -2.16. The van der Waals surface area contributed by atoms with E-state index in [-0.39, 0.29) is 16.8 Å². The van der Waals surface area contributed by atoms with Crippen LogP contribution in [0.15, 0.2) is 46.7 Å². The number of sulfonamides is 1. The maximum Gasteiger partial charge on any atom is 0.247 e. The highest BCUT2D eigenvalue weighted by atomic mass is 32.2. The molecule has 31 heavy (non-hydrogen) atoms. The first kappa shape index (κ1) is 22.0. The molecule has 0 aliphatic carbocycles. The Morgan fingerprint density at radius 3 is 2.65 bits per heavy atom. The molecule has 1 amide bonds. The number of methoxy groups -OCH3 is 1. The van der Waals surface area contributed by atoms with Crippen LogP contribution in [0, 0.1) is 0 Å². The van der Waals surface area contributed by atoms with Gasteiger partial charge in [0.05, 0.1) is 13.2 Å². The number of thiophene rings is 1. The minimum Gasteiger partial charge on any atom is -0.495 e. The van der Waals surface area contributed by atoms with Gasteiger partial charge >= 0.3 is 0 Å². The van der Waals surface area contributed by atoms with Crippen LogP contribution in [0.3, 0.4) is 0 Å². The molecular formula is C23H28N2O4S2. The van der Waals surface area contributed by atoms with E-state index in [4.69, 9.17) is 4.74 Å². The van der Waals surface area contributed by atoms with Crippen molar-refractivity contribution in [1.82, 2.24) is 9.21 Å². The van der Waals surface area contributed by atoms with Gasteiger partial charge in [-0.25, -0.2) is 8.42 Å². The van der Waals surface area contributed by atoms with Gasteiger partial charge in [-0.3, -0.25) is 4.79 Å². The maximum atomic E-state index is 13.2. The van der Waals surface area contributed by atoms with Gasteiger partial charge in [-0.1, -0.05) is 18.6 Å². The number of piperidine rings is 1. The smallest absolute Gasteiger partial charge is 0.247 e. The summed E-state index contributed by atoms with van der Waals surface area (Å²) in [6.45, 7) is 1.80. The van der Waals surface area contributed by atoms with E-state index in [9.17, 15) is 13.2 Å². The molecule has 3 heterocycles. The largest absolute Gasteiger partial charge is 0.495 e. The molecule has 1 atom stereocenters. The third-order valence-corrected chi connectivity index (χ3v) is 8.84. The molecule has 2 fully saturated rings. The summed E-state index contributed by atoms with van der Waals surface area (Å²) in [6, 6.07) is 9.25. The van der Waals surface area contributed by atoms with Gasteiger partial charge in [-0.15, -0.1) is 11.3 Å². The minimum atomic E-state index is -3.64. The van der Waals surface area contributed by atoms with E-state index in [1.807, 2.05) is 16.3 Å². The van der Waals surface area contributed by atoms with Gasteiger partial charge in [-0.2, -0.15) is 4.31 Å². The average Bonchev–Trinajstić information content (AvgIpc) is 3.49. The molecule has 0 bridgehead atoms. The minimum absolute atomic E-state index is 0.0489. The molecule has 0 saturated carbocycles. The number of hydrogen-bond acceptors (Lipinski definition) is 5. The zero-order valence-corrected chi connectivity index (χ0v) is 19.3. The first-order chi connectivity index (χ1) is 15.0. The Kier molecular flexibility index (Phi) is 6.79. The van der Waals surface area contributed by atoms with Crippen LogP contribution in [0.5, 0.6) is 5.75 Å². The summed E-state index contributed by atoms with van der Waals surface area (Å²) in [4.78, 5) is 16.1. The number of ether oxygens (including phenoxy) is 1. The third-order valence-electron chi connectivity index (χ3n) is 5.95. The van der Waals surface area contributed by atoms with Gasteiger partial charge in [0.2, 0.25) is 15.9 Å². The van der Waals surface area contributed by atoms with Crippen molar-refractivity contribution in [3.63, 3.8) is 0 Å². The van der Waals surface area contributed by atoms with Crippen LogP contribution in [-0.2, 0) is 14.8 Å². The lowest BCUT2D eigenvalue weighted by Gasteiger charge is -2.26. The predicted molar refractivity (Wildman–Crippen MR) is 123 cm³/mol. The lowest BCUT2D eigenvalue weighted by Crippen LogP contribution is -2.35. The second-order valence-corrected chi connectivity index (χ2v) is 10.8. The lowest BCUT2D eigenvalue weighted by molar-refractivity contribution is -0.126. The summed E-state index contributed by atoms with van der Waals surface area (Å²) in [5, 5.41) is 2.04. The van der Waals surface area contributed by atoms with Crippen molar-refractivity contribution in [1.29, 1.82) is 0 Å². The topological polar surface area (TPSA) is 66.9 Å². The van der Waals surface area contributed by atoms with E-state index < -0.39 is 10.0 Å². The van der Waals surface area contributed by atoms with Crippen molar-refractivity contribution >= 4 is 33.3 Å². The van der Waals surface area contributed by atoms with E-state index in [0.717, 1.165) is 38.6 Å². The Labute approximate surface area is 188 Å². The predicted octanol–water partition coefficient (Wildman–Crippen LogP) is 4.31. The van der Waals surface area contributed by atoms with E-state index in [1.165, 1.54) is 16.3 Å². The van der Waals surface area contributed by atoms with Crippen molar-refractivity contribution in [3.8, 4) is 5.75 Å². The van der Waals surface area contributed by atoms with Crippen LogP contribution >= 0.6 is 11.3 Å². The first-order valence-electron chi connectivity index (χ1n) is 10.7. The fourth-order valence-corrected chi connectivity index (χ4v) is 6.89. The number of carbonyl (C=O) groups is 1. The molecule has 2 saturated heterocycles. The van der Waals surface area contributed by atoms with Crippen molar-refractivity contribution in [2.45, 2.75) is 43.0 Å². The lowest BCUT2D eigenvalue weighted by atomic mass is 10.1. The number of amides is 1. The second kappa shape index (κ2) is 9.54. The highest BCUT2D eigenvalue weighted by Gasteiger charge is 2.30. The summed E-state index contributed by atoms with van der Waals surface area (Å²) in [7, 11) is -2.17. The standard InChI is InChI=1S/C23H28N2O4S2/c1-29-20-11-9-18(17-22(20)31(27,28)24-13-3-2-4-14-24)10-12-23(26)25-15-5-7-19(25)21-8-6-16-30-21/h6,8-12,16-17,19H,2-5,7,13-15H2,1H3/b12-10+. The number of carbonyl (C=O) groups excluding carboxylic acids is 1. The summed E-state index contributed by atoms with van der Waals surface area (Å²) in [6.07, 6.45) is 8.00. The summed E-state index contributed by atoms with van der Waals surface area (Å²) in [5.41, 5.74) is 0.664. The summed E-state index contributed by atoms with van der Waals surface area (Å²) < 4.78 is 33.2. The number of nitrogens with zero attached hydrogens (tertiary/aromatic N) is 2. The Bertz CT molecular complexity index is 1040. The number of hydrogen-bond donors (Lipinski definition) is 0. The molecule has 8 heteroatoms. The van der Waals surface area contributed by atoms with Crippen molar-refractivity contribution in [2.24, 2.45) is 0 Å². The quantitative estimate of drug-likeness (QED) is 0.603. The highest BCUT2D eigenvalue weighted by Crippen LogP contribution is 2.35. The van der Waals surface area contributed by atoms with Gasteiger partial charge in [0.1, 0.15) is 10.6 Å². The molecule has 1 aromatic heterocycles. The normalized spacial score (nSPS) is 20.4. The molecule has 1 aromatic carbocycles. The fourth-order valence-electron chi connectivity index (χ4n) is 4.31. The SMILES string of the molecule is COc1ccc(/C=C/C(=O)N2CCCC2c2cccs2)cc1S(=O)(=O)N1CCCCC1. The van der Waals surface area contributed by atoms with Gasteiger partial charge in [0, 0.05) is 30.6 Å². The molecule has 166 valence electrons. The van der Waals surface area contributed by atoms with Gasteiger partial charge in [0.15, 0.2) is 0 Å². The van der Waals surface area contributed by atoms with Gasteiger partial charge in [-0.05, 0) is 60.9 Å². The maximum absolute atomic E-state index is 13.2. The van der Waals surface area contributed by atoms with Crippen LogP contribution < -0.4 is 4.74 Å². The molecule has 2 aliphatic heterocycles. The number of benzene rings is 1. The average molecular weight is 461 g/mol. The molecule has 6 nitrogen and oxygen atoms in total. The van der Waals surface area contributed by atoms with Crippen LogP contribution in [0.1, 0.15) is 48.6 Å².